The van der Waals surface area contributed by atoms with Gasteiger partial charge in [-0.2, -0.15) is 0 Å². The fourth-order valence-corrected chi connectivity index (χ4v) is 0.428. The molecule has 0 aliphatic heterocycles. The molecule has 0 aromatic carbocycles. The largest absolute Gasteiger partial charge is 0.454 e. The van der Waals surface area contributed by atoms with Crippen LogP contribution in [-0.4, -0.2) is 15.4 Å². The molecule has 0 saturated heterocycles. The van der Waals surface area contributed by atoms with Gasteiger partial charge in [0.25, 0.3) is 3.79 Å². The number of carbonyl (C=O) groups excluding carboxylic acids is 2. The summed E-state index contributed by atoms with van der Waals surface area (Å²) in [7, 11) is 0. The fraction of sp³-hybridized carbons (Fsp3) is 0.667. The normalized spacial score (nSPS) is 10.8. The van der Waals surface area contributed by atoms with Crippen LogP contribution >= 0.6 is 22.6 Å². The van der Waals surface area contributed by atoms with Crippen molar-refractivity contribution in [2.24, 2.45) is 0 Å². The van der Waals surface area contributed by atoms with Crippen LogP contribution in [-0.2, 0) is 14.3 Å². The SMILES string of the molecule is CC(C)(C)OC(=O)C(=O)I. The Hall–Kier alpha value is -0.130. The average molecular weight is 256 g/mol. The van der Waals surface area contributed by atoms with Crippen LogP contribution in [0.2, 0.25) is 0 Å². The van der Waals surface area contributed by atoms with Gasteiger partial charge in [-0.15, -0.1) is 0 Å². The van der Waals surface area contributed by atoms with E-state index in [2.05, 4.69) is 0 Å². The van der Waals surface area contributed by atoms with E-state index >= 15 is 0 Å². The maximum Gasteiger partial charge on any atom is 0.385 e. The minimum atomic E-state index is -0.784. The Morgan fingerprint density at radius 1 is 1.30 bits per heavy atom. The number of carbonyl (C=O) groups is 2. The van der Waals surface area contributed by atoms with E-state index in [1.807, 2.05) is 0 Å². The van der Waals surface area contributed by atoms with E-state index in [-0.39, 0.29) is 0 Å². The standard InChI is InChI=1S/C6H9IO3/c1-6(2,3)10-5(9)4(7)8/h1-3H3. The molecule has 0 bridgehead atoms. The highest BCUT2D eigenvalue weighted by molar-refractivity contribution is 14.1. The molecule has 0 aromatic heterocycles. The van der Waals surface area contributed by atoms with Crippen molar-refractivity contribution in [1.82, 2.24) is 0 Å². The van der Waals surface area contributed by atoms with Crippen molar-refractivity contribution in [1.29, 1.82) is 0 Å². The van der Waals surface area contributed by atoms with E-state index < -0.39 is 15.4 Å². The van der Waals surface area contributed by atoms with Crippen molar-refractivity contribution in [2.45, 2.75) is 26.4 Å². The Bertz CT molecular complexity index is 157. The topological polar surface area (TPSA) is 43.4 Å². The fourth-order valence-electron chi connectivity index (χ4n) is 0.318. The van der Waals surface area contributed by atoms with Gasteiger partial charge in [-0.05, 0) is 20.8 Å². The molecule has 0 radical (unpaired) electrons. The molecule has 58 valence electrons. The molecule has 0 fully saturated rings. The van der Waals surface area contributed by atoms with Crippen molar-refractivity contribution in [3.63, 3.8) is 0 Å². The number of halogens is 1. The summed E-state index contributed by atoms with van der Waals surface area (Å²) in [6, 6.07) is 0. The van der Waals surface area contributed by atoms with Crippen molar-refractivity contribution in [2.75, 3.05) is 0 Å². The summed E-state index contributed by atoms with van der Waals surface area (Å²) >= 11 is 1.40. The third kappa shape index (κ3) is 4.72. The zero-order valence-electron chi connectivity index (χ0n) is 6.10. The molecule has 0 saturated carbocycles. The molecule has 0 N–H and O–H groups in total. The summed E-state index contributed by atoms with van der Waals surface area (Å²) in [5, 5.41) is 0. The van der Waals surface area contributed by atoms with Crippen LogP contribution in [0.1, 0.15) is 20.8 Å². The molecule has 0 spiro atoms. The molecular weight excluding hydrogens is 247 g/mol. The summed E-state index contributed by atoms with van der Waals surface area (Å²) in [5.41, 5.74) is -0.572. The van der Waals surface area contributed by atoms with Crippen LogP contribution < -0.4 is 0 Å². The van der Waals surface area contributed by atoms with Crippen LogP contribution in [0, 0.1) is 0 Å². The first-order chi connectivity index (χ1) is 4.33. The lowest BCUT2D eigenvalue weighted by atomic mass is 10.2. The molecule has 0 amide bonds. The Balaban J connectivity index is 3.93. The zero-order chi connectivity index (χ0) is 8.36. The lowest BCUT2D eigenvalue weighted by Gasteiger charge is -2.17. The molecule has 0 rings (SSSR count). The molecular formula is C6H9IO3. The summed E-state index contributed by atoms with van der Waals surface area (Å²) in [6.07, 6.45) is 0. The van der Waals surface area contributed by atoms with Gasteiger partial charge in [0.05, 0.1) is 0 Å². The third-order valence-electron chi connectivity index (χ3n) is 0.559. The summed E-state index contributed by atoms with van der Waals surface area (Å²) in [5.74, 6) is -0.784. The predicted molar refractivity (Wildman–Crippen MR) is 44.9 cm³/mol. The number of rotatable bonds is 1. The highest BCUT2D eigenvalue weighted by Gasteiger charge is 2.19. The van der Waals surface area contributed by atoms with Crippen LogP contribution in [0.3, 0.4) is 0 Å². The lowest BCUT2D eigenvalue weighted by molar-refractivity contribution is -0.158. The summed E-state index contributed by atoms with van der Waals surface area (Å²) in [4.78, 5) is 20.9. The molecule has 0 atom stereocenters. The van der Waals surface area contributed by atoms with Crippen LogP contribution in [0.15, 0.2) is 0 Å². The highest BCUT2D eigenvalue weighted by Crippen LogP contribution is 2.08. The first kappa shape index (κ1) is 9.87. The van der Waals surface area contributed by atoms with E-state index in [4.69, 9.17) is 4.74 Å². The third-order valence-corrected chi connectivity index (χ3v) is 1.000. The maximum absolute atomic E-state index is 10.6. The van der Waals surface area contributed by atoms with Crippen LogP contribution in [0.5, 0.6) is 0 Å². The lowest BCUT2D eigenvalue weighted by Crippen LogP contribution is -2.26. The van der Waals surface area contributed by atoms with Crippen molar-refractivity contribution >= 4 is 32.4 Å². The molecule has 4 heteroatoms. The second kappa shape index (κ2) is 3.32. The Kier molecular flexibility index (Phi) is 3.27. The molecule has 0 aliphatic rings. The van der Waals surface area contributed by atoms with Crippen LogP contribution in [0.25, 0.3) is 0 Å². The Morgan fingerprint density at radius 3 is 1.80 bits per heavy atom. The Labute approximate surface area is 73.3 Å². The summed E-state index contributed by atoms with van der Waals surface area (Å²) < 4.78 is 4.11. The average Bonchev–Trinajstić information content (AvgIpc) is 1.60. The molecule has 3 nitrogen and oxygen atoms in total. The van der Waals surface area contributed by atoms with Gasteiger partial charge in [-0.25, -0.2) is 4.79 Å². The zero-order valence-corrected chi connectivity index (χ0v) is 8.26. The van der Waals surface area contributed by atoms with E-state index in [0.717, 1.165) is 0 Å². The first-order valence-corrected chi connectivity index (χ1v) is 3.83. The molecule has 0 unspecified atom stereocenters. The maximum atomic E-state index is 10.6. The monoisotopic (exact) mass is 256 g/mol. The Morgan fingerprint density at radius 2 is 1.70 bits per heavy atom. The second-order valence-electron chi connectivity index (χ2n) is 2.78. The van der Waals surface area contributed by atoms with Gasteiger partial charge in [0.1, 0.15) is 5.60 Å². The molecule has 0 aliphatic carbocycles. The van der Waals surface area contributed by atoms with E-state index in [1.165, 1.54) is 22.6 Å². The van der Waals surface area contributed by atoms with Gasteiger partial charge in [0.2, 0.25) is 0 Å². The molecule has 0 heterocycles. The number of esters is 1. The first-order valence-electron chi connectivity index (χ1n) is 2.76. The second-order valence-corrected chi connectivity index (χ2v) is 3.76. The van der Waals surface area contributed by atoms with Crippen molar-refractivity contribution < 1.29 is 14.3 Å². The van der Waals surface area contributed by atoms with Gasteiger partial charge >= 0.3 is 5.97 Å². The highest BCUT2D eigenvalue weighted by atomic mass is 127. The van der Waals surface area contributed by atoms with E-state index in [1.54, 1.807) is 20.8 Å². The molecule has 0 aromatic rings. The van der Waals surface area contributed by atoms with Gasteiger partial charge in [-0.3, -0.25) is 4.79 Å². The predicted octanol–water partition coefficient (Wildman–Crippen LogP) is 1.29. The number of hydrogen-bond acceptors (Lipinski definition) is 3. The number of ether oxygens (including phenoxy) is 1. The minimum Gasteiger partial charge on any atom is -0.454 e. The van der Waals surface area contributed by atoms with E-state index in [0.29, 0.717) is 0 Å². The van der Waals surface area contributed by atoms with E-state index in [9.17, 15) is 9.59 Å². The molecule has 10 heavy (non-hydrogen) atoms. The van der Waals surface area contributed by atoms with Gasteiger partial charge < -0.3 is 4.74 Å². The van der Waals surface area contributed by atoms with Gasteiger partial charge in [0, 0.05) is 22.6 Å². The number of hydrogen-bond donors (Lipinski definition) is 0. The van der Waals surface area contributed by atoms with Crippen LogP contribution in [0.4, 0.5) is 0 Å². The quantitative estimate of drug-likeness (QED) is 0.307. The van der Waals surface area contributed by atoms with Crippen molar-refractivity contribution in [3.8, 4) is 0 Å². The van der Waals surface area contributed by atoms with Gasteiger partial charge in [0.15, 0.2) is 0 Å². The minimum absolute atomic E-state index is 0.572. The van der Waals surface area contributed by atoms with Crippen molar-refractivity contribution in [3.05, 3.63) is 0 Å². The summed E-state index contributed by atoms with van der Waals surface area (Å²) in [6.45, 7) is 5.14. The smallest absolute Gasteiger partial charge is 0.385 e. The van der Waals surface area contributed by atoms with Gasteiger partial charge in [-0.1, -0.05) is 0 Å².